The molecule has 0 spiro atoms. The summed E-state index contributed by atoms with van der Waals surface area (Å²) in [6.07, 6.45) is 2.62. The lowest BCUT2D eigenvalue weighted by molar-refractivity contribution is 0.586. The van der Waals surface area contributed by atoms with E-state index in [2.05, 4.69) is 9.97 Å². The van der Waals surface area contributed by atoms with Crippen molar-refractivity contribution in [2.75, 3.05) is 0 Å². The van der Waals surface area contributed by atoms with Crippen LogP contribution in [-0.4, -0.2) is 9.97 Å². The number of aromatic nitrogens is 2. The molecule has 0 N–H and O–H groups in total. The van der Waals surface area contributed by atoms with Gasteiger partial charge in [0.1, 0.15) is 5.82 Å². The highest BCUT2D eigenvalue weighted by Crippen LogP contribution is 2.18. The minimum atomic E-state index is -0.648. The van der Waals surface area contributed by atoms with Gasteiger partial charge < -0.3 is 0 Å². The molecule has 4 heteroatoms. The van der Waals surface area contributed by atoms with Crippen LogP contribution in [0.25, 0.3) is 11.3 Å². The van der Waals surface area contributed by atoms with E-state index in [0.717, 1.165) is 0 Å². The van der Waals surface area contributed by atoms with Crippen LogP contribution in [0.4, 0.5) is 8.78 Å². The first kappa shape index (κ1) is 8.74. The van der Waals surface area contributed by atoms with Crippen molar-refractivity contribution in [3.05, 3.63) is 48.4 Å². The van der Waals surface area contributed by atoms with E-state index in [1.807, 2.05) is 0 Å². The van der Waals surface area contributed by atoms with Crippen molar-refractivity contribution in [2.45, 2.75) is 0 Å². The summed E-state index contributed by atoms with van der Waals surface area (Å²) in [6.45, 7) is 0. The molecular weight excluding hydrogens is 186 g/mol. The van der Waals surface area contributed by atoms with Gasteiger partial charge in [-0.3, -0.25) is 4.98 Å². The number of rotatable bonds is 1. The molecular formula is C10H6F2N2. The van der Waals surface area contributed by atoms with Crippen LogP contribution in [0.5, 0.6) is 0 Å². The van der Waals surface area contributed by atoms with E-state index in [0.29, 0.717) is 0 Å². The van der Waals surface area contributed by atoms with Gasteiger partial charge in [0.15, 0.2) is 0 Å². The second-order valence-electron chi connectivity index (χ2n) is 2.70. The second kappa shape index (κ2) is 3.49. The lowest BCUT2D eigenvalue weighted by Crippen LogP contribution is -1.90. The first-order chi connectivity index (χ1) is 6.77. The molecule has 0 unspecified atom stereocenters. The molecule has 2 nitrogen and oxygen atoms in total. The van der Waals surface area contributed by atoms with Crippen molar-refractivity contribution < 1.29 is 8.78 Å². The number of hydrogen-bond acceptors (Lipinski definition) is 2. The molecule has 0 saturated carbocycles. The minimum Gasteiger partial charge on any atom is -0.256 e. The Morgan fingerprint density at radius 2 is 1.86 bits per heavy atom. The van der Waals surface area contributed by atoms with Crippen LogP contribution in [0.2, 0.25) is 0 Å². The minimum absolute atomic E-state index is 0.201. The normalized spacial score (nSPS) is 10.1. The predicted molar refractivity (Wildman–Crippen MR) is 47.4 cm³/mol. The van der Waals surface area contributed by atoms with Crippen molar-refractivity contribution in [1.29, 1.82) is 0 Å². The summed E-state index contributed by atoms with van der Waals surface area (Å²) in [7, 11) is 0. The zero-order chi connectivity index (χ0) is 9.97. The molecule has 0 atom stereocenters. The Labute approximate surface area is 79.3 Å². The Morgan fingerprint density at radius 3 is 2.57 bits per heavy atom. The van der Waals surface area contributed by atoms with Crippen LogP contribution in [0.1, 0.15) is 0 Å². The second-order valence-corrected chi connectivity index (χ2v) is 2.70. The van der Waals surface area contributed by atoms with Crippen molar-refractivity contribution in [3.8, 4) is 11.3 Å². The van der Waals surface area contributed by atoms with E-state index in [4.69, 9.17) is 0 Å². The Balaban J connectivity index is 2.55. The maximum atomic E-state index is 13.1. The number of pyridine rings is 2. The lowest BCUT2D eigenvalue weighted by Gasteiger charge is -2.00. The molecule has 0 aliphatic heterocycles. The van der Waals surface area contributed by atoms with Gasteiger partial charge in [-0.15, -0.1) is 0 Å². The molecule has 0 fully saturated rings. The van der Waals surface area contributed by atoms with Gasteiger partial charge >= 0.3 is 0 Å². The van der Waals surface area contributed by atoms with Crippen LogP contribution < -0.4 is 0 Å². The fraction of sp³-hybridized carbons (Fsp3) is 0. The number of hydrogen-bond donors (Lipinski definition) is 0. The number of nitrogens with zero attached hydrogens (tertiary/aromatic N) is 2. The third-order valence-corrected chi connectivity index (χ3v) is 1.76. The summed E-state index contributed by atoms with van der Waals surface area (Å²) in [4.78, 5) is 7.31. The van der Waals surface area contributed by atoms with Gasteiger partial charge in [-0.1, -0.05) is 0 Å². The zero-order valence-electron chi connectivity index (χ0n) is 7.11. The standard InChI is InChI=1S/C10H6F2N2/c11-7-3-5-13-9(6-7)8-2-1-4-14-10(8)12/h1-6H. The highest BCUT2D eigenvalue weighted by Gasteiger charge is 2.06. The Hall–Kier alpha value is -1.84. The van der Waals surface area contributed by atoms with Crippen LogP contribution in [0, 0.1) is 11.8 Å². The van der Waals surface area contributed by atoms with Gasteiger partial charge in [0.05, 0.1) is 11.3 Å². The molecule has 2 aromatic heterocycles. The first-order valence-electron chi connectivity index (χ1n) is 4.00. The third-order valence-electron chi connectivity index (χ3n) is 1.76. The third kappa shape index (κ3) is 1.59. The van der Waals surface area contributed by atoms with Gasteiger partial charge in [0, 0.05) is 18.5 Å². The molecule has 0 aromatic carbocycles. The SMILES string of the molecule is Fc1ccnc(-c2cccnc2F)c1. The maximum absolute atomic E-state index is 13.1. The molecule has 2 rings (SSSR count). The largest absolute Gasteiger partial charge is 0.256 e. The van der Waals surface area contributed by atoms with Crippen molar-refractivity contribution in [1.82, 2.24) is 9.97 Å². The van der Waals surface area contributed by atoms with Crippen LogP contribution >= 0.6 is 0 Å². The highest BCUT2D eigenvalue weighted by molar-refractivity contribution is 5.57. The van der Waals surface area contributed by atoms with E-state index in [9.17, 15) is 8.78 Å². The smallest absolute Gasteiger partial charge is 0.222 e. The van der Waals surface area contributed by atoms with Gasteiger partial charge in [-0.05, 0) is 18.2 Å². The Kier molecular flexibility index (Phi) is 2.18. The number of halogens is 2. The monoisotopic (exact) mass is 192 g/mol. The maximum Gasteiger partial charge on any atom is 0.222 e. The van der Waals surface area contributed by atoms with Gasteiger partial charge in [0.2, 0.25) is 5.95 Å². The van der Waals surface area contributed by atoms with Crippen molar-refractivity contribution in [2.24, 2.45) is 0 Å². The molecule has 70 valence electrons. The predicted octanol–water partition coefficient (Wildman–Crippen LogP) is 2.42. The van der Waals surface area contributed by atoms with Gasteiger partial charge in [-0.2, -0.15) is 4.39 Å². The van der Waals surface area contributed by atoms with E-state index in [-0.39, 0.29) is 11.3 Å². The summed E-state index contributed by atoms with van der Waals surface area (Å²) in [5.74, 6) is -1.09. The highest BCUT2D eigenvalue weighted by atomic mass is 19.1. The topological polar surface area (TPSA) is 25.8 Å². The van der Waals surface area contributed by atoms with E-state index in [1.54, 1.807) is 6.07 Å². The first-order valence-corrected chi connectivity index (χ1v) is 4.00. The van der Waals surface area contributed by atoms with Crippen LogP contribution in [0.15, 0.2) is 36.7 Å². The van der Waals surface area contributed by atoms with Crippen molar-refractivity contribution in [3.63, 3.8) is 0 Å². The average molecular weight is 192 g/mol. The van der Waals surface area contributed by atoms with Crippen LogP contribution in [0.3, 0.4) is 0 Å². The fourth-order valence-electron chi connectivity index (χ4n) is 1.13. The van der Waals surface area contributed by atoms with Gasteiger partial charge in [-0.25, -0.2) is 9.37 Å². The van der Waals surface area contributed by atoms with E-state index < -0.39 is 11.8 Å². The fourth-order valence-corrected chi connectivity index (χ4v) is 1.13. The molecule has 2 heterocycles. The van der Waals surface area contributed by atoms with Crippen LogP contribution in [-0.2, 0) is 0 Å². The molecule has 0 saturated heterocycles. The Morgan fingerprint density at radius 1 is 1.00 bits per heavy atom. The average Bonchev–Trinajstić information content (AvgIpc) is 2.18. The molecule has 0 aliphatic carbocycles. The molecule has 0 aliphatic rings. The molecule has 14 heavy (non-hydrogen) atoms. The molecule has 0 amide bonds. The summed E-state index contributed by atoms with van der Waals surface area (Å²) in [5.41, 5.74) is 0.447. The van der Waals surface area contributed by atoms with E-state index in [1.165, 1.54) is 30.6 Å². The quantitative estimate of drug-likeness (QED) is 0.648. The summed E-state index contributed by atoms with van der Waals surface area (Å²) in [5, 5.41) is 0. The van der Waals surface area contributed by atoms with Crippen molar-refractivity contribution >= 4 is 0 Å². The van der Waals surface area contributed by atoms with Gasteiger partial charge in [0.25, 0.3) is 0 Å². The van der Waals surface area contributed by atoms with E-state index >= 15 is 0 Å². The summed E-state index contributed by atoms with van der Waals surface area (Å²) in [6, 6.07) is 5.45. The lowest BCUT2D eigenvalue weighted by atomic mass is 10.2. The Bertz CT molecular complexity index is 457. The molecule has 2 aromatic rings. The molecule has 0 radical (unpaired) electrons. The summed E-state index contributed by atoms with van der Waals surface area (Å²) >= 11 is 0. The summed E-state index contributed by atoms with van der Waals surface area (Å²) < 4.78 is 25.9. The zero-order valence-corrected chi connectivity index (χ0v) is 7.11. The molecule has 0 bridgehead atoms.